The smallest absolute Gasteiger partial charge is 0.119 e. The average molecular weight is 848 g/mol. The molecule has 0 aromatic carbocycles. The van der Waals surface area contributed by atoms with Crippen molar-refractivity contribution in [2.24, 2.45) is 46.3 Å². The van der Waals surface area contributed by atoms with Crippen molar-refractivity contribution in [1.29, 1.82) is 0 Å². The molecule has 7 nitrogen and oxygen atoms in total. The Kier molecular flexibility index (Phi) is 22.6. The standard InChI is InChI=1S/C54H93N3O4/c1-7-8-9-10-11-12-13-14-15-16-17-18-19-20-21-22-34-59-41-48(40-57-42-55-56-43-57)61-38-36-58-35-37-60-47-30-32-53(5)46(39-47)26-27-49-51-29-28-50(45(4)25-23-24-44(2)3)54(51,6)33-31-52(49)53/h11-12,14-15,26,42-45,47-52H,7-10,13,16-25,27-41H2,1-6H3/t45-,47+,48?,49?,50-,51?,52?,53+,54-/m1/s1. The summed E-state index contributed by atoms with van der Waals surface area (Å²) in [7, 11) is 0. The van der Waals surface area contributed by atoms with Gasteiger partial charge in [0.1, 0.15) is 12.7 Å². The van der Waals surface area contributed by atoms with Gasteiger partial charge in [0.05, 0.1) is 51.8 Å². The minimum absolute atomic E-state index is 0.0588. The Bertz CT molecular complexity index is 1390. The van der Waals surface area contributed by atoms with Gasteiger partial charge < -0.3 is 23.5 Å². The van der Waals surface area contributed by atoms with Crippen molar-refractivity contribution in [1.82, 2.24) is 14.8 Å². The first-order valence-corrected chi connectivity index (χ1v) is 25.9. The zero-order valence-electron chi connectivity index (χ0n) is 40.3. The van der Waals surface area contributed by atoms with Crippen LogP contribution in [0, 0.1) is 46.3 Å². The Balaban J connectivity index is 0.906. The summed E-state index contributed by atoms with van der Waals surface area (Å²) in [6, 6.07) is 0. The van der Waals surface area contributed by atoms with Crippen LogP contribution in [-0.2, 0) is 25.5 Å². The van der Waals surface area contributed by atoms with Crippen molar-refractivity contribution in [3.63, 3.8) is 0 Å². The maximum atomic E-state index is 6.48. The fraction of sp³-hybridized carbons (Fsp3) is 0.852. The van der Waals surface area contributed by atoms with Crippen molar-refractivity contribution in [2.45, 2.75) is 208 Å². The van der Waals surface area contributed by atoms with Gasteiger partial charge in [-0.15, -0.1) is 10.2 Å². The fourth-order valence-corrected chi connectivity index (χ4v) is 12.6. The highest BCUT2D eigenvalue weighted by atomic mass is 16.6. The summed E-state index contributed by atoms with van der Waals surface area (Å²) in [6.07, 6.45) is 45.8. The molecule has 0 N–H and O–H groups in total. The quantitative estimate of drug-likeness (QED) is 0.0531. The summed E-state index contributed by atoms with van der Waals surface area (Å²) in [5.74, 6) is 5.31. The number of hydrogen-bond acceptors (Lipinski definition) is 6. The second-order valence-electron chi connectivity index (χ2n) is 20.9. The van der Waals surface area contributed by atoms with Gasteiger partial charge in [-0.25, -0.2) is 0 Å². The highest BCUT2D eigenvalue weighted by molar-refractivity contribution is 5.25. The molecule has 1 aromatic heterocycles. The summed E-state index contributed by atoms with van der Waals surface area (Å²) in [5.41, 5.74) is 2.64. The second kappa shape index (κ2) is 27.5. The number of rotatable bonds is 32. The van der Waals surface area contributed by atoms with E-state index in [1.165, 1.54) is 128 Å². The zero-order chi connectivity index (χ0) is 43.2. The molecule has 0 aliphatic heterocycles. The van der Waals surface area contributed by atoms with Gasteiger partial charge in [-0.3, -0.25) is 0 Å². The van der Waals surface area contributed by atoms with Crippen LogP contribution in [0.3, 0.4) is 0 Å². The van der Waals surface area contributed by atoms with Crippen LogP contribution in [0.5, 0.6) is 0 Å². The Hall–Kier alpha value is -1.80. The molecule has 1 aromatic rings. The predicted octanol–water partition coefficient (Wildman–Crippen LogP) is 13.9. The van der Waals surface area contributed by atoms with E-state index >= 15 is 0 Å². The molecule has 9 atom stereocenters. The van der Waals surface area contributed by atoms with Crippen LogP contribution in [0.2, 0.25) is 0 Å². The zero-order valence-corrected chi connectivity index (χ0v) is 40.3. The van der Waals surface area contributed by atoms with Crippen LogP contribution in [0.25, 0.3) is 0 Å². The summed E-state index contributed by atoms with van der Waals surface area (Å²) in [5, 5.41) is 7.95. The second-order valence-corrected chi connectivity index (χ2v) is 20.9. The highest BCUT2D eigenvalue weighted by Gasteiger charge is 2.59. The molecule has 4 aliphatic carbocycles. The molecule has 348 valence electrons. The number of aromatic nitrogens is 3. The molecule has 3 fully saturated rings. The van der Waals surface area contributed by atoms with Crippen LogP contribution in [0.15, 0.2) is 48.6 Å². The van der Waals surface area contributed by atoms with Crippen LogP contribution >= 0.6 is 0 Å². The molecule has 0 bridgehead atoms. The van der Waals surface area contributed by atoms with E-state index < -0.39 is 0 Å². The topological polar surface area (TPSA) is 67.6 Å². The third kappa shape index (κ3) is 16.0. The van der Waals surface area contributed by atoms with Gasteiger partial charge in [-0.2, -0.15) is 0 Å². The highest BCUT2D eigenvalue weighted by Crippen LogP contribution is 2.67. The van der Waals surface area contributed by atoms with E-state index in [1.54, 1.807) is 18.2 Å². The molecular weight excluding hydrogens is 755 g/mol. The SMILES string of the molecule is CCCCCC=CCC=CCCCCCCCCOCC(Cn1cnnc1)OCCOCCO[C@H]1CC[C@@]2(C)C(=CCC3C2CC[C@@]2(C)C3CC[C@@H]2[C@H](C)CCCC(C)C)C1. The normalized spacial score (nSPS) is 28.6. The molecule has 5 rings (SSSR count). The van der Waals surface area contributed by atoms with Gasteiger partial charge in [0, 0.05) is 6.61 Å². The first-order valence-electron chi connectivity index (χ1n) is 25.9. The van der Waals surface area contributed by atoms with E-state index in [-0.39, 0.29) is 6.10 Å². The van der Waals surface area contributed by atoms with E-state index in [4.69, 9.17) is 18.9 Å². The first kappa shape index (κ1) is 50.2. The van der Waals surface area contributed by atoms with Gasteiger partial charge in [0.25, 0.3) is 0 Å². The maximum Gasteiger partial charge on any atom is 0.119 e. The minimum atomic E-state index is -0.0588. The molecule has 4 unspecified atom stereocenters. The van der Waals surface area contributed by atoms with Crippen molar-refractivity contribution in [3.8, 4) is 0 Å². The predicted molar refractivity (Wildman–Crippen MR) is 254 cm³/mol. The van der Waals surface area contributed by atoms with Gasteiger partial charge in [-0.05, 0) is 136 Å². The van der Waals surface area contributed by atoms with Crippen LogP contribution in [0.4, 0.5) is 0 Å². The summed E-state index contributed by atoms with van der Waals surface area (Å²) >= 11 is 0. The molecule has 3 saturated carbocycles. The first-order chi connectivity index (χ1) is 29.7. The van der Waals surface area contributed by atoms with E-state index in [1.807, 2.05) is 4.57 Å². The number of fused-ring (bicyclic) bond motifs is 5. The lowest BCUT2D eigenvalue weighted by atomic mass is 9.47. The van der Waals surface area contributed by atoms with Crippen molar-refractivity contribution >= 4 is 0 Å². The summed E-state index contributed by atoms with van der Waals surface area (Å²) in [6.45, 7) is 19.4. The molecule has 61 heavy (non-hydrogen) atoms. The number of ether oxygens (including phenoxy) is 4. The van der Waals surface area contributed by atoms with Crippen LogP contribution in [0.1, 0.15) is 189 Å². The molecule has 0 amide bonds. The van der Waals surface area contributed by atoms with E-state index in [0.717, 1.165) is 61.4 Å². The van der Waals surface area contributed by atoms with E-state index in [9.17, 15) is 0 Å². The summed E-state index contributed by atoms with van der Waals surface area (Å²) < 4.78 is 26.8. The largest absolute Gasteiger partial charge is 0.379 e. The lowest BCUT2D eigenvalue weighted by molar-refractivity contribution is -0.0725. The van der Waals surface area contributed by atoms with Crippen molar-refractivity contribution < 1.29 is 18.9 Å². The monoisotopic (exact) mass is 848 g/mol. The number of allylic oxidation sites excluding steroid dienone is 5. The van der Waals surface area contributed by atoms with E-state index in [2.05, 4.69) is 82.1 Å². The molecule has 0 radical (unpaired) electrons. The van der Waals surface area contributed by atoms with E-state index in [0.29, 0.717) is 56.5 Å². The summed E-state index contributed by atoms with van der Waals surface area (Å²) in [4.78, 5) is 0. The van der Waals surface area contributed by atoms with Gasteiger partial charge in [0.15, 0.2) is 0 Å². The lowest BCUT2D eigenvalue weighted by Crippen LogP contribution is -2.51. The third-order valence-electron chi connectivity index (χ3n) is 16.1. The average Bonchev–Trinajstić information content (AvgIpc) is 3.90. The molecule has 0 saturated heterocycles. The van der Waals surface area contributed by atoms with Crippen LogP contribution in [-0.4, -0.2) is 66.6 Å². The van der Waals surface area contributed by atoms with Crippen molar-refractivity contribution in [2.75, 3.05) is 39.6 Å². The van der Waals surface area contributed by atoms with Gasteiger partial charge >= 0.3 is 0 Å². The molecule has 7 heteroatoms. The Morgan fingerprint density at radius 2 is 1.48 bits per heavy atom. The molecular formula is C54H93N3O4. The van der Waals surface area contributed by atoms with Crippen molar-refractivity contribution in [3.05, 3.63) is 48.6 Å². The Morgan fingerprint density at radius 3 is 2.25 bits per heavy atom. The lowest BCUT2D eigenvalue weighted by Gasteiger charge is -2.58. The number of hydrogen-bond donors (Lipinski definition) is 0. The van der Waals surface area contributed by atoms with Gasteiger partial charge in [-0.1, -0.05) is 135 Å². The Morgan fingerprint density at radius 1 is 0.738 bits per heavy atom. The maximum absolute atomic E-state index is 6.48. The molecule has 1 heterocycles. The van der Waals surface area contributed by atoms with Crippen LogP contribution < -0.4 is 0 Å². The molecule has 4 aliphatic rings. The fourth-order valence-electron chi connectivity index (χ4n) is 12.6. The molecule has 0 spiro atoms. The minimum Gasteiger partial charge on any atom is -0.379 e. The number of nitrogens with zero attached hydrogens (tertiary/aromatic N) is 3. The number of unbranched alkanes of at least 4 members (excludes halogenated alkanes) is 9. The van der Waals surface area contributed by atoms with Gasteiger partial charge in [0.2, 0.25) is 0 Å². The third-order valence-corrected chi connectivity index (χ3v) is 16.1. The Labute approximate surface area is 375 Å².